The van der Waals surface area contributed by atoms with Crippen LogP contribution in [0.3, 0.4) is 0 Å². The summed E-state index contributed by atoms with van der Waals surface area (Å²) in [6.45, 7) is 1.90. The van der Waals surface area contributed by atoms with Crippen LogP contribution in [0, 0.1) is 5.41 Å². The molecule has 1 aromatic heterocycles. The molecule has 2 aromatic rings. The lowest BCUT2D eigenvalue weighted by Crippen LogP contribution is -2.35. The van der Waals surface area contributed by atoms with Crippen molar-refractivity contribution in [3.63, 3.8) is 0 Å². The van der Waals surface area contributed by atoms with Gasteiger partial charge in [-0.15, -0.1) is 0 Å². The summed E-state index contributed by atoms with van der Waals surface area (Å²) in [5.74, 6) is -2.28. The molecule has 5 nitrogen and oxygen atoms in total. The van der Waals surface area contributed by atoms with Gasteiger partial charge in [-0.25, -0.2) is 4.79 Å². The summed E-state index contributed by atoms with van der Waals surface area (Å²) < 4.78 is 43.4. The highest BCUT2D eigenvalue weighted by Crippen LogP contribution is 2.40. The molecule has 1 amide bonds. The number of benzene rings is 1. The van der Waals surface area contributed by atoms with Crippen LogP contribution >= 0.6 is 0 Å². The first-order chi connectivity index (χ1) is 10.5. The van der Waals surface area contributed by atoms with Gasteiger partial charge in [0.15, 0.2) is 0 Å². The summed E-state index contributed by atoms with van der Waals surface area (Å²) in [4.78, 5) is 22.6. The van der Waals surface area contributed by atoms with Crippen LogP contribution in [-0.4, -0.2) is 23.2 Å². The van der Waals surface area contributed by atoms with Crippen molar-refractivity contribution in [1.29, 1.82) is 0 Å². The molecule has 0 atom stereocenters. The largest absolute Gasteiger partial charge is 0.475 e. The fraction of sp³-hybridized carbons (Fsp3) is 0.333. The number of carbonyl (C=O) groups is 2. The van der Waals surface area contributed by atoms with E-state index in [1.54, 1.807) is 0 Å². The van der Waals surface area contributed by atoms with Gasteiger partial charge in [-0.05, 0) is 24.3 Å². The van der Waals surface area contributed by atoms with E-state index < -0.39 is 29.9 Å². The number of alkyl halides is 3. The summed E-state index contributed by atoms with van der Waals surface area (Å²) in [5.41, 5.74) is -1.58. The van der Waals surface area contributed by atoms with Gasteiger partial charge in [0.2, 0.25) is 11.7 Å². The summed E-state index contributed by atoms with van der Waals surface area (Å²) in [6.07, 6.45) is -5.21. The number of carboxylic acids is 1. The monoisotopic (exact) mass is 329 g/mol. The first-order valence-corrected chi connectivity index (χ1v) is 6.63. The van der Waals surface area contributed by atoms with E-state index in [0.29, 0.717) is 11.0 Å². The molecule has 0 aliphatic carbocycles. The number of rotatable bonds is 4. The minimum Gasteiger partial charge on any atom is -0.475 e. The third kappa shape index (κ3) is 3.64. The first-order valence-electron chi connectivity index (χ1n) is 6.63. The molecule has 8 heteroatoms. The van der Waals surface area contributed by atoms with Crippen molar-refractivity contribution in [3.8, 4) is 0 Å². The predicted molar refractivity (Wildman–Crippen MR) is 76.3 cm³/mol. The molecule has 0 aliphatic rings. The van der Waals surface area contributed by atoms with Crippen molar-refractivity contribution in [1.82, 2.24) is 0 Å². The zero-order valence-corrected chi connectivity index (χ0v) is 12.3. The summed E-state index contributed by atoms with van der Waals surface area (Å²) in [6, 6.07) is 5.57. The highest BCUT2D eigenvalue weighted by molar-refractivity contribution is 5.96. The number of nitrogens with one attached hydrogen (secondary N) is 1. The van der Waals surface area contributed by atoms with Gasteiger partial charge in [0.05, 0.1) is 5.41 Å². The standard InChI is InChI=1S/C15H14F3NO4/c1-14(2,15(16,17)18)7-12(20)19-9-3-4-10-8(5-9)6-11(23-10)13(21)22/h3-6H,7H2,1-2H3,(H,19,20)(H,21,22). The Balaban J connectivity index is 2.15. The normalized spacial score (nSPS) is 12.4. The van der Waals surface area contributed by atoms with E-state index in [4.69, 9.17) is 9.52 Å². The smallest absolute Gasteiger partial charge is 0.394 e. The van der Waals surface area contributed by atoms with Gasteiger partial charge in [-0.1, -0.05) is 13.8 Å². The van der Waals surface area contributed by atoms with Crippen molar-refractivity contribution in [2.45, 2.75) is 26.4 Å². The van der Waals surface area contributed by atoms with E-state index in [1.807, 2.05) is 0 Å². The lowest BCUT2D eigenvalue weighted by Gasteiger charge is -2.26. The fourth-order valence-corrected chi connectivity index (χ4v) is 1.93. The van der Waals surface area contributed by atoms with E-state index in [0.717, 1.165) is 13.8 Å². The molecule has 0 saturated carbocycles. The number of furan rings is 1. The molecule has 0 saturated heterocycles. The molecule has 0 fully saturated rings. The molecule has 2 rings (SSSR count). The van der Waals surface area contributed by atoms with Crippen LogP contribution < -0.4 is 5.32 Å². The third-order valence-corrected chi connectivity index (χ3v) is 3.38. The quantitative estimate of drug-likeness (QED) is 0.887. The number of hydrogen-bond acceptors (Lipinski definition) is 3. The van der Waals surface area contributed by atoms with Crippen molar-refractivity contribution in [3.05, 3.63) is 30.0 Å². The Kier molecular flexibility index (Phi) is 4.10. The molecular weight excluding hydrogens is 315 g/mol. The maximum absolute atomic E-state index is 12.8. The van der Waals surface area contributed by atoms with E-state index in [9.17, 15) is 22.8 Å². The SMILES string of the molecule is CC(C)(CC(=O)Nc1ccc2oc(C(=O)O)cc2c1)C(F)(F)F. The Morgan fingerprint density at radius 2 is 1.87 bits per heavy atom. The van der Waals surface area contributed by atoms with Crippen LogP contribution in [0.4, 0.5) is 18.9 Å². The number of aromatic carboxylic acids is 1. The second kappa shape index (κ2) is 5.60. The van der Waals surface area contributed by atoms with Crippen molar-refractivity contribution in [2.24, 2.45) is 5.41 Å². The lowest BCUT2D eigenvalue weighted by atomic mass is 9.88. The molecule has 2 N–H and O–H groups in total. The maximum atomic E-state index is 12.8. The highest BCUT2D eigenvalue weighted by Gasteiger charge is 2.48. The van der Waals surface area contributed by atoms with Gasteiger partial charge in [0.25, 0.3) is 0 Å². The molecule has 0 unspecified atom stereocenters. The molecule has 0 radical (unpaired) electrons. The fourth-order valence-electron chi connectivity index (χ4n) is 1.93. The Bertz CT molecular complexity index is 762. The highest BCUT2D eigenvalue weighted by atomic mass is 19.4. The van der Waals surface area contributed by atoms with Crippen LogP contribution in [0.15, 0.2) is 28.7 Å². The van der Waals surface area contributed by atoms with Crippen LogP contribution in [0.1, 0.15) is 30.8 Å². The van der Waals surface area contributed by atoms with Gasteiger partial charge < -0.3 is 14.8 Å². The Morgan fingerprint density at radius 1 is 1.22 bits per heavy atom. The second-order valence-corrected chi connectivity index (χ2v) is 5.78. The summed E-state index contributed by atoms with van der Waals surface area (Å²) >= 11 is 0. The van der Waals surface area contributed by atoms with E-state index in [-0.39, 0.29) is 11.4 Å². The molecule has 1 aromatic carbocycles. The van der Waals surface area contributed by atoms with Crippen LogP contribution in [0.5, 0.6) is 0 Å². The molecule has 1 heterocycles. The Hall–Kier alpha value is -2.51. The van der Waals surface area contributed by atoms with Gasteiger partial charge >= 0.3 is 12.1 Å². The molecule has 0 spiro atoms. The summed E-state index contributed by atoms with van der Waals surface area (Å²) in [5, 5.41) is 11.6. The van der Waals surface area contributed by atoms with Crippen molar-refractivity contribution >= 4 is 28.5 Å². The van der Waals surface area contributed by atoms with Gasteiger partial charge in [-0.3, -0.25) is 4.79 Å². The zero-order chi connectivity index (χ0) is 17.4. The minimum absolute atomic E-state index is 0.262. The predicted octanol–water partition coefficient (Wildman–Crippen LogP) is 4.05. The number of carboxylic acid groups (broad SMARTS) is 1. The third-order valence-electron chi connectivity index (χ3n) is 3.38. The zero-order valence-electron chi connectivity index (χ0n) is 12.3. The molecule has 0 aliphatic heterocycles. The van der Waals surface area contributed by atoms with Crippen molar-refractivity contribution in [2.75, 3.05) is 5.32 Å². The Labute approximate surface area is 129 Å². The minimum atomic E-state index is -4.49. The molecule has 124 valence electrons. The number of carbonyl (C=O) groups excluding carboxylic acids is 1. The Morgan fingerprint density at radius 3 is 2.43 bits per heavy atom. The topological polar surface area (TPSA) is 79.5 Å². The average molecular weight is 329 g/mol. The second-order valence-electron chi connectivity index (χ2n) is 5.78. The number of fused-ring (bicyclic) bond motifs is 1. The molecular formula is C15H14F3NO4. The summed E-state index contributed by atoms with van der Waals surface area (Å²) in [7, 11) is 0. The molecule has 0 bridgehead atoms. The van der Waals surface area contributed by atoms with Crippen LogP contribution in [0.25, 0.3) is 11.0 Å². The number of amides is 1. The number of anilines is 1. The van der Waals surface area contributed by atoms with Gasteiger partial charge in [0, 0.05) is 17.5 Å². The number of halogens is 3. The van der Waals surface area contributed by atoms with Gasteiger partial charge in [0.1, 0.15) is 5.58 Å². The number of hydrogen-bond donors (Lipinski definition) is 2. The van der Waals surface area contributed by atoms with Crippen molar-refractivity contribution < 1.29 is 32.3 Å². The van der Waals surface area contributed by atoms with E-state index in [2.05, 4.69) is 5.32 Å². The maximum Gasteiger partial charge on any atom is 0.394 e. The van der Waals surface area contributed by atoms with E-state index in [1.165, 1.54) is 24.3 Å². The lowest BCUT2D eigenvalue weighted by molar-refractivity contribution is -0.213. The van der Waals surface area contributed by atoms with Gasteiger partial charge in [-0.2, -0.15) is 13.2 Å². The first kappa shape index (κ1) is 16.9. The average Bonchev–Trinajstić information content (AvgIpc) is 2.79. The van der Waals surface area contributed by atoms with Crippen LogP contribution in [-0.2, 0) is 4.79 Å². The molecule has 23 heavy (non-hydrogen) atoms. The van der Waals surface area contributed by atoms with Crippen LogP contribution in [0.2, 0.25) is 0 Å². The van der Waals surface area contributed by atoms with E-state index >= 15 is 0 Å².